The van der Waals surface area contributed by atoms with Gasteiger partial charge in [-0.25, -0.2) is 0 Å². The molecule has 0 saturated heterocycles. The minimum absolute atomic E-state index is 0.467. The highest BCUT2D eigenvalue weighted by Crippen LogP contribution is 2.46. The molecule has 3 atom stereocenters. The van der Waals surface area contributed by atoms with Crippen LogP contribution in [0, 0.1) is 5.92 Å². The number of hydrazine groups is 1. The van der Waals surface area contributed by atoms with Crippen molar-refractivity contribution in [2.45, 2.75) is 38.6 Å². The second kappa shape index (κ2) is 3.95. The van der Waals surface area contributed by atoms with E-state index in [0.29, 0.717) is 23.8 Å². The van der Waals surface area contributed by atoms with Gasteiger partial charge in [0.25, 0.3) is 0 Å². The fourth-order valence-electron chi connectivity index (χ4n) is 2.33. The average molecular weight is 204 g/mol. The van der Waals surface area contributed by atoms with Gasteiger partial charge in [-0.15, -0.1) is 0 Å². The molecule has 2 rings (SSSR count). The van der Waals surface area contributed by atoms with Gasteiger partial charge in [0.15, 0.2) is 0 Å². The minimum Gasteiger partial charge on any atom is -0.271 e. The molecular weight excluding hydrogens is 184 g/mol. The molecule has 3 N–H and O–H groups in total. The first-order chi connectivity index (χ1) is 7.15. The first kappa shape index (κ1) is 10.7. The van der Waals surface area contributed by atoms with Crippen molar-refractivity contribution in [2.75, 3.05) is 0 Å². The Hall–Kier alpha value is -0.860. The molecule has 0 spiro atoms. The third-order valence-corrected chi connectivity index (χ3v) is 3.56. The smallest absolute Gasteiger partial charge is 0.0314 e. The topological polar surface area (TPSA) is 38.0 Å². The largest absolute Gasteiger partial charge is 0.271 e. The van der Waals surface area contributed by atoms with E-state index in [1.807, 2.05) is 0 Å². The fourth-order valence-corrected chi connectivity index (χ4v) is 2.33. The first-order valence-corrected chi connectivity index (χ1v) is 5.71. The van der Waals surface area contributed by atoms with Gasteiger partial charge < -0.3 is 0 Å². The molecule has 1 aliphatic carbocycles. The van der Waals surface area contributed by atoms with Gasteiger partial charge in [0.05, 0.1) is 0 Å². The van der Waals surface area contributed by atoms with E-state index >= 15 is 0 Å². The quantitative estimate of drug-likeness (QED) is 0.586. The highest BCUT2D eigenvalue weighted by atomic mass is 15.3. The van der Waals surface area contributed by atoms with Crippen LogP contribution in [-0.4, -0.2) is 6.04 Å². The van der Waals surface area contributed by atoms with E-state index in [9.17, 15) is 0 Å². The molecule has 0 bridgehead atoms. The number of rotatable bonds is 3. The summed E-state index contributed by atoms with van der Waals surface area (Å²) in [6.45, 7) is 6.68. The van der Waals surface area contributed by atoms with E-state index in [1.165, 1.54) is 11.1 Å². The zero-order chi connectivity index (χ0) is 11.0. The molecule has 82 valence electrons. The molecule has 0 unspecified atom stereocenters. The van der Waals surface area contributed by atoms with Crippen LogP contribution in [0.5, 0.6) is 0 Å². The second-order valence-electron chi connectivity index (χ2n) is 4.90. The average Bonchev–Trinajstić information content (AvgIpc) is 2.89. The number of nitrogens with one attached hydrogen (secondary N) is 1. The number of hydrogen-bond acceptors (Lipinski definition) is 2. The van der Waals surface area contributed by atoms with Crippen LogP contribution < -0.4 is 11.3 Å². The van der Waals surface area contributed by atoms with Crippen molar-refractivity contribution in [2.24, 2.45) is 11.8 Å². The van der Waals surface area contributed by atoms with Crippen molar-refractivity contribution in [3.05, 3.63) is 35.4 Å². The maximum atomic E-state index is 5.48. The van der Waals surface area contributed by atoms with Crippen LogP contribution in [0.1, 0.15) is 43.7 Å². The Balaban J connectivity index is 2.12. The summed E-state index contributed by atoms with van der Waals surface area (Å²) in [6, 6.07) is 9.42. The zero-order valence-corrected chi connectivity index (χ0v) is 9.70. The summed E-state index contributed by atoms with van der Waals surface area (Å²) >= 11 is 0. The summed E-state index contributed by atoms with van der Waals surface area (Å²) in [5, 5.41) is 0. The van der Waals surface area contributed by atoms with Crippen molar-refractivity contribution in [1.29, 1.82) is 0 Å². The third kappa shape index (κ3) is 1.92. The van der Waals surface area contributed by atoms with E-state index in [2.05, 4.69) is 50.5 Å². The van der Waals surface area contributed by atoms with Gasteiger partial charge in [0, 0.05) is 12.0 Å². The Morgan fingerprint density at radius 3 is 2.20 bits per heavy atom. The van der Waals surface area contributed by atoms with Crippen LogP contribution in [0.2, 0.25) is 0 Å². The molecule has 1 fully saturated rings. The van der Waals surface area contributed by atoms with Crippen LogP contribution in [0.15, 0.2) is 24.3 Å². The van der Waals surface area contributed by atoms with Gasteiger partial charge in [-0.2, -0.15) is 0 Å². The number of hydrogen-bond donors (Lipinski definition) is 2. The van der Waals surface area contributed by atoms with E-state index < -0.39 is 0 Å². The molecular formula is C13H20N2. The zero-order valence-electron chi connectivity index (χ0n) is 9.70. The van der Waals surface area contributed by atoms with Crippen LogP contribution >= 0.6 is 0 Å². The molecule has 1 aromatic carbocycles. The van der Waals surface area contributed by atoms with E-state index in [1.54, 1.807) is 0 Å². The molecule has 0 heterocycles. The van der Waals surface area contributed by atoms with Gasteiger partial charge in [-0.1, -0.05) is 45.0 Å². The molecule has 1 aliphatic rings. The third-order valence-electron chi connectivity index (χ3n) is 3.56. The van der Waals surface area contributed by atoms with Crippen LogP contribution in [0.3, 0.4) is 0 Å². The highest BCUT2D eigenvalue weighted by molar-refractivity contribution is 5.33. The first-order valence-electron chi connectivity index (χ1n) is 5.71. The Morgan fingerprint density at radius 1 is 1.20 bits per heavy atom. The van der Waals surface area contributed by atoms with Crippen LogP contribution in [0.4, 0.5) is 0 Å². The summed E-state index contributed by atoms with van der Waals surface area (Å²) in [5.74, 6) is 7.36. The molecule has 0 radical (unpaired) electrons. The minimum atomic E-state index is 0.467. The van der Waals surface area contributed by atoms with Crippen molar-refractivity contribution in [3.63, 3.8) is 0 Å². The Labute approximate surface area is 91.8 Å². The van der Waals surface area contributed by atoms with Gasteiger partial charge >= 0.3 is 0 Å². The Kier molecular flexibility index (Phi) is 2.81. The lowest BCUT2D eigenvalue weighted by Crippen LogP contribution is -2.26. The lowest BCUT2D eigenvalue weighted by Gasteiger charge is -2.06. The SMILES string of the molecule is CC(C)c1ccc([C@H]2[C@@H](C)[C@H]2NN)cc1. The molecule has 0 aliphatic heterocycles. The predicted molar refractivity (Wildman–Crippen MR) is 63.5 cm³/mol. The number of benzene rings is 1. The second-order valence-corrected chi connectivity index (χ2v) is 4.90. The maximum Gasteiger partial charge on any atom is 0.0314 e. The van der Waals surface area contributed by atoms with Crippen molar-refractivity contribution >= 4 is 0 Å². The van der Waals surface area contributed by atoms with Gasteiger partial charge in [0.2, 0.25) is 0 Å². The van der Waals surface area contributed by atoms with Gasteiger partial charge in [0.1, 0.15) is 0 Å². The molecule has 1 aromatic rings. The van der Waals surface area contributed by atoms with E-state index in [4.69, 9.17) is 5.84 Å². The van der Waals surface area contributed by atoms with Crippen molar-refractivity contribution in [1.82, 2.24) is 5.43 Å². The molecule has 2 nitrogen and oxygen atoms in total. The molecule has 0 aromatic heterocycles. The Bertz CT molecular complexity index is 329. The molecule has 0 amide bonds. The van der Waals surface area contributed by atoms with E-state index in [0.717, 1.165) is 0 Å². The summed E-state index contributed by atoms with van der Waals surface area (Å²) in [5.41, 5.74) is 5.69. The molecule has 1 saturated carbocycles. The summed E-state index contributed by atoms with van der Waals surface area (Å²) in [7, 11) is 0. The normalized spacial score (nSPS) is 29.5. The Morgan fingerprint density at radius 2 is 1.80 bits per heavy atom. The summed E-state index contributed by atoms with van der Waals surface area (Å²) in [4.78, 5) is 0. The summed E-state index contributed by atoms with van der Waals surface area (Å²) < 4.78 is 0. The highest BCUT2D eigenvalue weighted by Gasteiger charge is 2.46. The van der Waals surface area contributed by atoms with Gasteiger partial charge in [-0.3, -0.25) is 11.3 Å². The molecule has 15 heavy (non-hydrogen) atoms. The summed E-state index contributed by atoms with van der Waals surface area (Å²) in [6.07, 6.45) is 0. The molecule has 2 heteroatoms. The van der Waals surface area contributed by atoms with Gasteiger partial charge in [-0.05, 0) is 23.0 Å². The standard InChI is InChI=1S/C13H20N2/c1-8(2)10-4-6-11(7-5-10)12-9(3)13(12)15-14/h4-9,12-13,15H,14H2,1-3H3/t9-,12-,13-/m1/s1. The lowest BCUT2D eigenvalue weighted by atomic mass is 10.00. The fraction of sp³-hybridized carbons (Fsp3) is 0.538. The van der Waals surface area contributed by atoms with E-state index in [-0.39, 0.29) is 0 Å². The van der Waals surface area contributed by atoms with Crippen molar-refractivity contribution in [3.8, 4) is 0 Å². The number of nitrogens with two attached hydrogens (primary N) is 1. The van der Waals surface area contributed by atoms with Crippen LogP contribution in [0.25, 0.3) is 0 Å². The van der Waals surface area contributed by atoms with Crippen LogP contribution in [-0.2, 0) is 0 Å². The lowest BCUT2D eigenvalue weighted by molar-refractivity contribution is 0.685. The monoisotopic (exact) mass is 204 g/mol. The predicted octanol–water partition coefficient (Wildman–Crippen LogP) is 2.38. The maximum absolute atomic E-state index is 5.48. The van der Waals surface area contributed by atoms with Crippen molar-refractivity contribution < 1.29 is 0 Å².